The fraction of sp³-hybridized carbons (Fsp3) is 0.588. The predicted molar refractivity (Wildman–Crippen MR) is 96.5 cm³/mol. The van der Waals surface area contributed by atoms with Gasteiger partial charge in [-0.3, -0.25) is 4.90 Å². The highest BCUT2D eigenvalue weighted by atomic mass is 32.1. The van der Waals surface area contributed by atoms with Crippen LogP contribution < -0.4 is 5.32 Å². The molecule has 0 bridgehead atoms. The molecule has 0 saturated carbocycles. The van der Waals surface area contributed by atoms with Gasteiger partial charge in [-0.05, 0) is 20.8 Å². The van der Waals surface area contributed by atoms with E-state index in [9.17, 15) is 0 Å². The Hall–Kier alpha value is -1.57. The van der Waals surface area contributed by atoms with E-state index in [2.05, 4.69) is 39.0 Å². The van der Waals surface area contributed by atoms with Crippen LogP contribution in [-0.2, 0) is 11.2 Å². The molecule has 3 heterocycles. The molecule has 0 radical (unpaired) electrons. The van der Waals surface area contributed by atoms with Gasteiger partial charge in [-0.1, -0.05) is 0 Å². The molecule has 0 aliphatic carbocycles. The van der Waals surface area contributed by atoms with Gasteiger partial charge >= 0.3 is 0 Å². The maximum atomic E-state index is 5.95. The first-order valence-corrected chi connectivity index (χ1v) is 9.33. The third kappa shape index (κ3) is 4.49. The molecule has 6 nitrogen and oxygen atoms in total. The molecule has 1 N–H and O–H groups in total. The van der Waals surface area contributed by atoms with Crippen molar-refractivity contribution in [3.63, 3.8) is 0 Å². The van der Waals surface area contributed by atoms with Crippen molar-refractivity contribution in [1.82, 2.24) is 19.9 Å². The van der Waals surface area contributed by atoms with E-state index in [4.69, 9.17) is 4.74 Å². The van der Waals surface area contributed by atoms with Crippen molar-refractivity contribution >= 4 is 17.2 Å². The summed E-state index contributed by atoms with van der Waals surface area (Å²) in [5.41, 5.74) is 0.963. The lowest BCUT2D eigenvalue weighted by atomic mass is 10.1. The predicted octanol–water partition coefficient (Wildman–Crippen LogP) is 2.68. The molecule has 0 spiro atoms. The molecule has 0 aromatic carbocycles. The largest absolute Gasteiger partial charge is 0.370 e. The standard InChI is InChI=1S/C17H25N5OS/c1-12(2)22-7-8-23-15(11-22)14-10-16(21-13(3)20-14)18-5-4-17-19-6-9-24-17/h6,9-10,12,15H,4-5,7-8,11H2,1-3H3,(H,18,20,21)/t15-/m0/s1. The molecular formula is C17H25N5OS. The highest BCUT2D eigenvalue weighted by Gasteiger charge is 2.25. The van der Waals surface area contributed by atoms with Crippen molar-refractivity contribution in [3.05, 3.63) is 34.2 Å². The zero-order valence-corrected chi connectivity index (χ0v) is 15.3. The maximum absolute atomic E-state index is 5.95. The SMILES string of the molecule is Cc1nc(NCCc2nccs2)cc([C@@H]2CN(C(C)C)CCO2)n1. The Morgan fingerprint density at radius 2 is 2.29 bits per heavy atom. The van der Waals surface area contributed by atoms with Crippen LogP contribution in [-0.4, -0.2) is 52.1 Å². The third-order valence-electron chi connectivity index (χ3n) is 4.14. The Bertz CT molecular complexity index is 646. The van der Waals surface area contributed by atoms with E-state index in [0.717, 1.165) is 55.0 Å². The van der Waals surface area contributed by atoms with Crippen molar-refractivity contribution in [1.29, 1.82) is 0 Å². The average Bonchev–Trinajstić information content (AvgIpc) is 3.08. The summed E-state index contributed by atoms with van der Waals surface area (Å²) >= 11 is 1.68. The number of hydrogen-bond donors (Lipinski definition) is 1. The van der Waals surface area contributed by atoms with Crippen molar-refractivity contribution in [2.75, 3.05) is 31.6 Å². The topological polar surface area (TPSA) is 63.2 Å². The molecular weight excluding hydrogens is 322 g/mol. The van der Waals surface area contributed by atoms with Crippen molar-refractivity contribution in [2.24, 2.45) is 0 Å². The summed E-state index contributed by atoms with van der Waals surface area (Å²) in [7, 11) is 0. The van der Waals surface area contributed by atoms with Crippen LogP contribution in [0, 0.1) is 6.92 Å². The first-order chi connectivity index (χ1) is 11.6. The summed E-state index contributed by atoms with van der Waals surface area (Å²) in [4.78, 5) is 15.8. The Kier molecular flexibility index (Phi) is 5.76. The van der Waals surface area contributed by atoms with E-state index in [-0.39, 0.29) is 6.10 Å². The quantitative estimate of drug-likeness (QED) is 0.867. The van der Waals surface area contributed by atoms with Crippen LogP contribution in [0.4, 0.5) is 5.82 Å². The number of nitrogens with zero attached hydrogens (tertiary/aromatic N) is 4. The highest BCUT2D eigenvalue weighted by molar-refractivity contribution is 7.09. The van der Waals surface area contributed by atoms with Crippen LogP contribution in [0.15, 0.2) is 17.6 Å². The van der Waals surface area contributed by atoms with Gasteiger partial charge in [-0.15, -0.1) is 11.3 Å². The van der Waals surface area contributed by atoms with Gasteiger partial charge in [0.15, 0.2) is 0 Å². The summed E-state index contributed by atoms with van der Waals surface area (Å²) in [6.45, 7) is 9.80. The molecule has 1 aliphatic rings. The number of rotatable bonds is 6. The fourth-order valence-corrected chi connectivity index (χ4v) is 3.46. The number of hydrogen-bond acceptors (Lipinski definition) is 7. The number of nitrogens with one attached hydrogen (secondary N) is 1. The van der Waals surface area contributed by atoms with Gasteiger partial charge in [0.25, 0.3) is 0 Å². The molecule has 1 atom stereocenters. The van der Waals surface area contributed by atoms with Crippen molar-refractivity contribution in [3.8, 4) is 0 Å². The van der Waals surface area contributed by atoms with Crippen molar-refractivity contribution in [2.45, 2.75) is 39.3 Å². The van der Waals surface area contributed by atoms with Crippen LogP contribution in [0.25, 0.3) is 0 Å². The highest BCUT2D eigenvalue weighted by Crippen LogP contribution is 2.23. The first-order valence-electron chi connectivity index (χ1n) is 8.45. The number of morpholine rings is 1. The molecule has 2 aromatic heterocycles. The maximum Gasteiger partial charge on any atom is 0.130 e. The van der Waals surface area contributed by atoms with E-state index in [1.54, 1.807) is 11.3 Å². The molecule has 1 aliphatic heterocycles. The van der Waals surface area contributed by atoms with Gasteiger partial charge in [0, 0.05) is 49.7 Å². The molecule has 2 aromatic rings. The summed E-state index contributed by atoms with van der Waals surface area (Å²) in [6.07, 6.45) is 2.76. The van der Waals surface area contributed by atoms with Crippen LogP contribution >= 0.6 is 11.3 Å². The van der Waals surface area contributed by atoms with E-state index >= 15 is 0 Å². The van der Waals surface area contributed by atoms with E-state index in [0.29, 0.717) is 6.04 Å². The summed E-state index contributed by atoms with van der Waals surface area (Å²) < 4.78 is 5.95. The minimum Gasteiger partial charge on any atom is -0.370 e. The first kappa shape index (κ1) is 17.3. The zero-order chi connectivity index (χ0) is 16.9. The zero-order valence-electron chi connectivity index (χ0n) is 14.5. The molecule has 3 rings (SSSR count). The number of anilines is 1. The minimum absolute atomic E-state index is 0.0161. The van der Waals surface area contributed by atoms with Gasteiger partial charge < -0.3 is 10.1 Å². The van der Waals surface area contributed by atoms with Crippen molar-refractivity contribution < 1.29 is 4.74 Å². The summed E-state index contributed by atoms with van der Waals surface area (Å²) in [5, 5.41) is 6.52. The Balaban J connectivity index is 1.64. The second-order valence-electron chi connectivity index (χ2n) is 6.28. The van der Waals surface area contributed by atoms with Crippen LogP contribution in [0.3, 0.4) is 0 Å². The van der Waals surface area contributed by atoms with Crippen LogP contribution in [0.2, 0.25) is 0 Å². The van der Waals surface area contributed by atoms with E-state index < -0.39 is 0 Å². The second kappa shape index (κ2) is 8.00. The number of aromatic nitrogens is 3. The monoisotopic (exact) mass is 347 g/mol. The van der Waals surface area contributed by atoms with Gasteiger partial charge in [0.1, 0.15) is 17.7 Å². The number of ether oxygens (including phenoxy) is 1. The lowest BCUT2D eigenvalue weighted by Crippen LogP contribution is -2.42. The van der Waals surface area contributed by atoms with E-state index in [1.807, 2.05) is 24.6 Å². The number of thiazole rings is 1. The normalized spacial score (nSPS) is 18.9. The molecule has 0 amide bonds. The average molecular weight is 347 g/mol. The Morgan fingerprint density at radius 1 is 1.42 bits per heavy atom. The second-order valence-corrected chi connectivity index (χ2v) is 7.26. The van der Waals surface area contributed by atoms with Gasteiger partial charge in [-0.2, -0.15) is 0 Å². The summed E-state index contributed by atoms with van der Waals surface area (Å²) in [6, 6.07) is 2.54. The molecule has 130 valence electrons. The Morgan fingerprint density at radius 3 is 3.04 bits per heavy atom. The Labute approximate surface area is 147 Å². The fourth-order valence-electron chi connectivity index (χ4n) is 2.84. The van der Waals surface area contributed by atoms with Gasteiger partial charge in [0.2, 0.25) is 0 Å². The lowest BCUT2D eigenvalue weighted by Gasteiger charge is -2.35. The lowest BCUT2D eigenvalue weighted by molar-refractivity contribution is -0.0422. The van der Waals surface area contributed by atoms with E-state index in [1.165, 1.54) is 0 Å². The van der Waals surface area contributed by atoms with Gasteiger partial charge in [0.05, 0.1) is 17.3 Å². The van der Waals surface area contributed by atoms with Gasteiger partial charge in [-0.25, -0.2) is 15.0 Å². The van der Waals surface area contributed by atoms with Crippen LogP contribution in [0.1, 0.15) is 36.5 Å². The number of aryl methyl sites for hydroxylation is 1. The van der Waals surface area contributed by atoms with Crippen LogP contribution in [0.5, 0.6) is 0 Å². The molecule has 0 unspecified atom stereocenters. The molecule has 7 heteroatoms. The summed E-state index contributed by atoms with van der Waals surface area (Å²) in [5.74, 6) is 1.63. The molecule has 1 fully saturated rings. The minimum atomic E-state index is 0.0161. The third-order valence-corrected chi connectivity index (χ3v) is 4.98. The molecule has 1 saturated heterocycles. The molecule has 24 heavy (non-hydrogen) atoms. The smallest absolute Gasteiger partial charge is 0.130 e.